The van der Waals surface area contributed by atoms with E-state index in [1.54, 1.807) is 38.5 Å². The van der Waals surface area contributed by atoms with E-state index in [-0.39, 0.29) is 47.6 Å². The number of rotatable bonds is 11. The minimum absolute atomic E-state index is 0.0213. The molecule has 2 aliphatic heterocycles. The van der Waals surface area contributed by atoms with E-state index in [9.17, 15) is 19.5 Å². The van der Waals surface area contributed by atoms with Gasteiger partial charge in [0.15, 0.2) is 0 Å². The number of amides is 2. The fourth-order valence-corrected chi connectivity index (χ4v) is 7.79. The van der Waals surface area contributed by atoms with Gasteiger partial charge in [0, 0.05) is 44.3 Å². The van der Waals surface area contributed by atoms with Gasteiger partial charge < -0.3 is 34.0 Å². The van der Waals surface area contributed by atoms with Crippen molar-refractivity contribution in [3.8, 4) is 0 Å². The van der Waals surface area contributed by atoms with Gasteiger partial charge in [0.05, 0.1) is 53.0 Å². The van der Waals surface area contributed by atoms with Crippen LogP contribution in [0.3, 0.4) is 0 Å². The summed E-state index contributed by atoms with van der Waals surface area (Å²) >= 11 is 13.3. The number of fused-ring (bicyclic) bond motifs is 1. The number of carbonyl (C=O) groups is 3. The van der Waals surface area contributed by atoms with Gasteiger partial charge in [-0.15, -0.1) is 0 Å². The Kier molecular flexibility index (Phi) is 10.9. The van der Waals surface area contributed by atoms with E-state index in [2.05, 4.69) is 10.2 Å². The molecule has 0 spiro atoms. The van der Waals surface area contributed by atoms with Gasteiger partial charge in [0.25, 0.3) is 5.91 Å². The molecule has 2 N–H and O–H groups in total. The smallest absolute Gasteiger partial charge is 0.306 e. The zero-order valence-electron chi connectivity index (χ0n) is 27.0. The molecule has 13 heteroatoms. The number of nitrogens with one attached hydrogen (secondary N) is 1. The Morgan fingerprint density at radius 2 is 1.71 bits per heavy atom. The van der Waals surface area contributed by atoms with Gasteiger partial charge in [-0.25, -0.2) is 0 Å². The molecule has 4 atom stereocenters. The third-order valence-electron chi connectivity index (χ3n) is 9.96. The van der Waals surface area contributed by atoms with Crippen LogP contribution in [-0.2, 0) is 30.2 Å². The maximum absolute atomic E-state index is 14.0. The van der Waals surface area contributed by atoms with Gasteiger partial charge in [-0.3, -0.25) is 19.3 Å². The van der Waals surface area contributed by atoms with Crippen molar-refractivity contribution in [1.82, 2.24) is 9.80 Å². The Morgan fingerprint density at radius 3 is 2.40 bits per heavy atom. The number of halogens is 2. The first kappa shape index (κ1) is 34.7. The summed E-state index contributed by atoms with van der Waals surface area (Å²) in [6, 6.07) is 10.2. The number of methoxy groups -OCH3 is 2. The van der Waals surface area contributed by atoms with Crippen molar-refractivity contribution in [2.45, 2.75) is 75.5 Å². The molecule has 2 aromatic carbocycles. The number of likely N-dealkylation sites (tertiary alicyclic amines) is 2. The molecule has 3 aliphatic rings. The normalized spacial score (nSPS) is 25.4. The molecule has 1 aliphatic carbocycles. The summed E-state index contributed by atoms with van der Waals surface area (Å²) in [5.41, 5.74) is 1.84. The number of nitrogens with zero attached hydrogens (tertiary/aromatic N) is 2. The Balaban J connectivity index is 1.16. The lowest BCUT2D eigenvalue weighted by Crippen LogP contribution is -2.53. The molecule has 3 fully saturated rings. The molecule has 2 amide bonds. The topological polar surface area (TPSA) is 131 Å². The summed E-state index contributed by atoms with van der Waals surface area (Å²) in [5, 5.41) is 13.5. The Morgan fingerprint density at radius 1 is 1.00 bits per heavy atom. The number of carboxylic acids is 1. The van der Waals surface area contributed by atoms with E-state index in [0.29, 0.717) is 78.1 Å². The first-order valence-corrected chi connectivity index (χ1v) is 17.1. The van der Waals surface area contributed by atoms with Gasteiger partial charge in [0.2, 0.25) is 5.91 Å². The van der Waals surface area contributed by atoms with Crippen LogP contribution in [-0.4, -0.2) is 97.1 Å². The molecule has 11 nitrogen and oxygen atoms in total. The first-order valence-electron chi connectivity index (χ1n) is 16.4. The largest absolute Gasteiger partial charge is 0.481 e. The van der Waals surface area contributed by atoms with Crippen LogP contribution in [0.25, 0.3) is 11.0 Å². The first-order chi connectivity index (χ1) is 23.2. The number of hydrogen-bond acceptors (Lipinski definition) is 8. The van der Waals surface area contributed by atoms with E-state index >= 15 is 0 Å². The zero-order valence-corrected chi connectivity index (χ0v) is 28.5. The number of hydrogen-bond donors (Lipinski definition) is 2. The summed E-state index contributed by atoms with van der Waals surface area (Å²) in [6.07, 6.45) is 4.64. The van der Waals surface area contributed by atoms with E-state index in [1.807, 2.05) is 17.0 Å². The predicted molar refractivity (Wildman–Crippen MR) is 180 cm³/mol. The summed E-state index contributed by atoms with van der Waals surface area (Å²) in [7, 11) is 3.33. The summed E-state index contributed by atoms with van der Waals surface area (Å²) in [5.74, 6) is -1.61. The molecule has 258 valence electrons. The third kappa shape index (κ3) is 7.36. The van der Waals surface area contributed by atoms with Crippen LogP contribution in [0.2, 0.25) is 10.0 Å². The minimum atomic E-state index is -0.760. The van der Waals surface area contributed by atoms with Crippen molar-refractivity contribution < 1.29 is 38.1 Å². The quantitative estimate of drug-likeness (QED) is 0.253. The van der Waals surface area contributed by atoms with Crippen molar-refractivity contribution in [2.24, 2.45) is 5.92 Å². The fraction of sp³-hybridized carbons (Fsp3) is 0.514. The number of carboxylic acid groups (broad SMARTS) is 1. The molecule has 1 aromatic heterocycles. The van der Waals surface area contributed by atoms with Crippen LogP contribution >= 0.6 is 23.2 Å². The molecule has 1 saturated carbocycles. The van der Waals surface area contributed by atoms with E-state index in [1.165, 1.54) is 6.26 Å². The highest BCUT2D eigenvalue weighted by atomic mass is 35.5. The number of para-hydroxylation sites is 1. The number of ether oxygens (including phenoxy) is 3. The van der Waals surface area contributed by atoms with Gasteiger partial charge in [-0.05, 0) is 62.3 Å². The second-order valence-corrected chi connectivity index (χ2v) is 13.7. The molecule has 1 unspecified atom stereocenters. The van der Waals surface area contributed by atoms with Gasteiger partial charge in [-0.1, -0.05) is 41.4 Å². The lowest BCUT2D eigenvalue weighted by Gasteiger charge is -2.40. The highest BCUT2D eigenvalue weighted by molar-refractivity contribution is 6.36. The predicted octanol–water partition coefficient (Wildman–Crippen LogP) is 5.86. The van der Waals surface area contributed by atoms with Crippen LogP contribution in [0.1, 0.15) is 54.4 Å². The number of anilines is 1. The van der Waals surface area contributed by atoms with Crippen molar-refractivity contribution >= 4 is 57.6 Å². The third-order valence-corrected chi connectivity index (χ3v) is 10.6. The maximum atomic E-state index is 14.0. The number of benzene rings is 2. The standard InChI is InChI=1S/C35H41Cl2N3O8/c1-45-30-17-39(18-31(30)46-2)34(48-22-11-9-20(10-12-22)35(43)44)28-7-5-13-40(28)32(41)15-21-14-26(37)27(16-25(21)36)38-33(42)24-19-47-29-8-4-3-6-23(24)29/h3-4,6,8,14,16,19-20,22,28,30-31,34H,5,7,9-13,15,17-18H2,1-2H3,(H,38,42)(H,43,44)/t20-,22-,28-,30-,31+,34?/m0/s1. The molecule has 2 saturated heterocycles. The second kappa shape index (κ2) is 15.1. The van der Waals surface area contributed by atoms with Crippen LogP contribution in [0.4, 0.5) is 5.69 Å². The van der Waals surface area contributed by atoms with E-state index in [0.717, 1.165) is 12.8 Å². The molecular weight excluding hydrogens is 661 g/mol. The molecule has 3 aromatic rings. The second-order valence-electron chi connectivity index (χ2n) is 12.8. The molecule has 6 rings (SSSR count). The maximum Gasteiger partial charge on any atom is 0.306 e. The molecule has 48 heavy (non-hydrogen) atoms. The Labute approximate surface area is 289 Å². The average molecular weight is 703 g/mol. The summed E-state index contributed by atoms with van der Waals surface area (Å²) in [6.45, 7) is 1.75. The Hall–Kier alpha value is -3.19. The average Bonchev–Trinajstić information content (AvgIpc) is 3.84. The fourth-order valence-electron chi connectivity index (χ4n) is 7.32. The molecule has 0 radical (unpaired) electrons. The number of furan rings is 1. The highest BCUT2D eigenvalue weighted by Gasteiger charge is 2.45. The zero-order chi connectivity index (χ0) is 33.9. The van der Waals surface area contributed by atoms with Crippen LogP contribution in [0.5, 0.6) is 0 Å². The monoisotopic (exact) mass is 701 g/mol. The molecule has 3 heterocycles. The van der Waals surface area contributed by atoms with Gasteiger partial charge in [0.1, 0.15) is 18.1 Å². The summed E-state index contributed by atoms with van der Waals surface area (Å²) in [4.78, 5) is 42.7. The highest BCUT2D eigenvalue weighted by Crippen LogP contribution is 2.35. The van der Waals surface area contributed by atoms with Crippen molar-refractivity contribution in [2.75, 3.05) is 39.2 Å². The summed E-state index contributed by atoms with van der Waals surface area (Å²) < 4.78 is 23.7. The van der Waals surface area contributed by atoms with Crippen molar-refractivity contribution in [3.05, 3.63) is 63.8 Å². The lowest BCUT2D eigenvalue weighted by atomic mass is 9.87. The van der Waals surface area contributed by atoms with Gasteiger partial charge in [-0.2, -0.15) is 0 Å². The SMILES string of the molecule is CO[C@H]1CN(C(O[C@H]2CC[C@H](C(=O)O)CC2)[C@@H]2CCCN2C(=O)Cc2cc(Cl)c(NC(=O)c3coc4ccccc34)cc2Cl)C[C@H]1OC. The minimum Gasteiger partial charge on any atom is -0.481 e. The van der Waals surface area contributed by atoms with E-state index < -0.39 is 18.1 Å². The number of carbonyl (C=O) groups excluding carboxylic acids is 2. The van der Waals surface area contributed by atoms with Crippen molar-refractivity contribution in [1.29, 1.82) is 0 Å². The van der Waals surface area contributed by atoms with Crippen LogP contribution in [0.15, 0.2) is 47.1 Å². The molecule has 0 bridgehead atoms. The van der Waals surface area contributed by atoms with Crippen molar-refractivity contribution in [3.63, 3.8) is 0 Å². The lowest BCUT2D eigenvalue weighted by molar-refractivity contribution is -0.158. The Bertz CT molecular complexity index is 1630. The van der Waals surface area contributed by atoms with Crippen LogP contribution in [0, 0.1) is 5.92 Å². The molecular formula is C35H41Cl2N3O8. The van der Waals surface area contributed by atoms with Crippen LogP contribution < -0.4 is 5.32 Å². The number of aliphatic carboxylic acids is 1. The van der Waals surface area contributed by atoms with Gasteiger partial charge >= 0.3 is 5.97 Å². The van der Waals surface area contributed by atoms with E-state index in [4.69, 9.17) is 41.8 Å².